The number of hydrogen-bond acceptors (Lipinski definition) is 2. The molecule has 0 spiro atoms. The van der Waals surface area contributed by atoms with Gasteiger partial charge in [0.15, 0.2) is 6.29 Å². The Morgan fingerprint density at radius 3 is 2.11 bits per heavy atom. The van der Waals surface area contributed by atoms with Crippen LogP contribution < -0.4 is 4.74 Å². The van der Waals surface area contributed by atoms with E-state index in [4.69, 9.17) is 9.47 Å². The largest absolute Gasteiger partial charge is 0.465 e. The van der Waals surface area contributed by atoms with E-state index in [1.165, 1.54) is 18.4 Å². The molecule has 2 nitrogen and oxygen atoms in total. The van der Waals surface area contributed by atoms with E-state index in [2.05, 4.69) is 32.9 Å². The average molecular weight is 250 g/mol. The van der Waals surface area contributed by atoms with E-state index < -0.39 is 0 Å². The van der Waals surface area contributed by atoms with E-state index in [0.29, 0.717) is 5.92 Å². The van der Waals surface area contributed by atoms with Crippen LogP contribution in [0.1, 0.15) is 52.0 Å². The number of benzene rings is 1. The number of ether oxygens (including phenoxy) is 2. The lowest BCUT2D eigenvalue weighted by Gasteiger charge is -2.18. The molecule has 0 aliphatic heterocycles. The molecular formula is C16H26O2. The van der Waals surface area contributed by atoms with Gasteiger partial charge >= 0.3 is 0 Å². The third kappa shape index (κ3) is 4.69. The molecule has 2 unspecified atom stereocenters. The van der Waals surface area contributed by atoms with Crippen LogP contribution in [0.15, 0.2) is 24.3 Å². The first-order valence-electron chi connectivity index (χ1n) is 6.86. The molecule has 0 bridgehead atoms. The SMILES string of the molecule is CCC(CC(C)C)c1ccc(OC(C)OC)cc1. The number of methoxy groups -OCH3 is 1. The summed E-state index contributed by atoms with van der Waals surface area (Å²) in [7, 11) is 1.65. The predicted octanol–water partition coefficient (Wildman–Crippen LogP) is 4.60. The second kappa shape index (κ2) is 7.42. The standard InChI is InChI=1S/C16H26O2/c1-6-14(11-12(2)3)15-7-9-16(10-8-15)18-13(4)17-5/h7-10,12-14H,6,11H2,1-5H3. The zero-order valence-electron chi connectivity index (χ0n) is 12.3. The van der Waals surface area contributed by atoms with Crippen LogP contribution in [-0.2, 0) is 4.74 Å². The van der Waals surface area contributed by atoms with Crippen LogP contribution in [0.3, 0.4) is 0 Å². The van der Waals surface area contributed by atoms with Crippen molar-refractivity contribution in [2.45, 2.75) is 52.7 Å². The summed E-state index contributed by atoms with van der Waals surface area (Å²) in [6.07, 6.45) is 2.23. The van der Waals surface area contributed by atoms with Gasteiger partial charge < -0.3 is 9.47 Å². The molecule has 1 aromatic carbocycles. The van der Waals surface area contributed by atoms with Gasteiger partial charge in [-0.1, -0.05) is 32.9 Å². The van der Waals surface area contributed by atoms with Crippen LogP contribution in [0, 0.1) is 5.92 Å². The lowest BCUT2D eigenvalue weighted by Crippen LogP contribution is -2.13. The fraction of sp³-hybridized carbons (Fsp3) is 0.625. The first-order valence-corrected chi connectivity index (χ1v) is 6.86. The van der Waals surface area contributed by atoms with Crippen LogP contribution in [0.25, 0.3) is 0 Å². The predicted molar refractivity (Wildman–Crippen MR) is 76.0 cm³/mol. The van der Waals surface area contributed by atoms with Crippen LogP contribution >= 0.6 is 0 Å². The molecule has 0 fully saturated rings. The molecule has 0 saturated carbocycles. The minimum absolute atomic E-state index is 0.200. The van der Waals surface area contributed by atoms with Crippen molar-refractivity contribution in [2.75, 3.05) is 7.11 Å². The molecule has 0 saturated heterocycles. The van der Waals surface area contributed by atoms with Crippen molar-refractivity contribution >= 4 is 0 Å². The van der Waals surface area contributed by atoms with Gasteiger partial charge in [0.05, 0.1) is 0 Å². The Kier molecular flexibility index (Phi) is 6.20. The highest BCUT2D eigenvalue weighted by Gasteiger charge is 2.11. The minimum Gasteiger partial charge on any atom is -0.465 e. The number of rotatable bonds is 7. The molecule has 0 heterocycles. The third-order valence-corrected chi connectivity index (χ3v) is 3.23. The van der Waals surface area contributed by atoms with Gasteiger partial charge in [0.2, 0.25) is 0 Å². The zero-order chi connectivity index (χ0) is 13.5. The normalized spacial score (nSPS) is 14.6. The molecule has 0 aliphatic carbocycles. The Labute approximate surface area is 111 Å². The monoisotopic (exact) mass is 250 g/mol. The van der Waals surface area contributed by atoms with E-state index in [0.717, 1.165) is 11.7 Å². The van der Waals surface area contributed by atoms with Gasteiger partial charge in [-0.05, 0) is 49.3 Å². The maximum absolute atomic E-state index is 5.59. The van der Waals surface area contributed by atoms with Crippen molar-refractivity contribution in [3.63, 3.8) is 0 Å². The van der Waals surface area contributed by atoms with Gasteiger partial charge in [-0.2, -0.15) is 0 Å². The second-order valence-corrected chi connectivity index (χ2v) is 5.22. The lowest BCUT2D eigenvalue weighted by atomic mass is 9.88. The highest BCUT2D eigenvalue weighted by Crippen LogP contribution is 2.28. The fourth-order valence-corrected chi connectivity index (χ4v) is 2.17. The summed E-state index contributed by atoms with van der Waals surface area (Å²) in [5.74, 6) is 2.26. The van der Waals surface area contributed by atoms with E-state index in [1.807, 2.05) is 19.1 Å². The summed E-state index contributed by atoms with van der Waals surface area (Å²) < 4.78 is 10.7. The molecule has 0 aromatic heterocycles. The summed E-state index contributed by atoms with van der Waals surface area (Å²) in [6, 6.07) is 8.42. The maximum atomic E-state index is 5.59. The Balaban J connectivity index is 2.68. The molecule has 0 aliphatic rings. The highest BCUT2D eigenvalue weighted by atomic mass is 16.7. The Morgan fingerprint density at radius 2 is 1.67 bits per heavy atom. The highest BCUT2D eigenvalue weighted by molar-refractivity contribution is 5.29. The molecule has 1 rings (SSSR count). The van der Waals surface area contributed by atoms with Crippen LogP contribution in [0.5, 0.6) is 5.75 Å². The van der Waals surface area contributed by atoms with Crippen LogP contribution in [-0.4, -0.2) is 13.4 Å². The molecule has 1 aromatic rings. The summed E-state index contributed by atoms with van der Waals surface area (Å²) in [4.78, 5) is 0. The van der Waals surface area contributed by atoms with Crippen molar-refractivity contribution in [2.24, 2.45) is 5.92 Å². The topological polar surface area (TPSA) is 18.5 Å². The van der Waals surface area contributed by atoms with E-state index in [1.54, 1.807) is 7.11 Å². The van der Waals surface area contributed by atoms with Gasteiger partial charge in [0.1, 0.15) is 5.75 Å². The van der Waals surface area contributed by atoms with Crippen molar-refractivity contribution in [3.05, 3.63) is 29.8 Å². The van der Waals surface area contributed by atoms with Gasteiger partial charge in [-0.15, -0.1) is 0 Å². The summed E-state index contributed by atoms with van der Waals surface area (Å²) >= 11 is 0. The summed E-state index contributed by atoms with van der Waals surface area (Å²) in [5, 5.41) is 0. The van der Waals surface area contributed by atoms with Crippen LogP contribution in [0.2, 0.25) is 0 Å². The quantitative estimate of drug-likeness (QED) is 0.658. The van der Waals surface area contributed by atoms with Gasteiger partial charge in [0.25, 0.3) is 0 Å². The van der Waals surface area contributed by atoms with Crippen LogP contribution in [0.4, 0.5) is 0 Å². The van der Waals surface area contributed by atoms with Gasteiger partial charge in [-0.25, -0.2) is 0 Å². The van der Waals surface area contributed by atoms with Gasteiger partial charge in [0, 0.05) is 7.11 Å². The molecule has 2 atom stereocenters. The van der Waals surface area contributed by atoms with Crippen molar-refractivity contribution in [3.8, 4) is 5.75 Å². The molecule has 102 valence electrons. The smallest absolute Gasteiger partial charge is 0.196 e. The lowest BCUT2D eigenvalue weighted by molar-refractivity contribution is -0.0382. The molecule has 0 amide bonds. The van der Waals surface area contributed by atoms with E-state index in [9.17, 15) is 0 Å². The van der Waals surface area contributed by atoms with Crippen molar-refractivity contribution in [1.29, 1.82) is 0 Å². The zero-order valence-corrected chi connectivity index (χ0v) is 12.3. The third-order valence-electron chi connectivity index (χ3n) is 3.23. The molecular weight excluding hydrogens is 224 g/mol. The van der Waals surface area contributed by atoms with Gasteiger partial charge in [-0.3, -0.25) is 0 Å². The van der Waals surface area contributed by atoms with E-state index >= 15 is 0 Å². The first-order chi connectivity index (χ1) is 8.56. The van der Waals surface area contributed by atoms with E-state index in [-0.39, 0.29) is 6.29 Å². The summed E-state index contributed by atoms with van der Waals surface area (Å²) in [5.41, 5.74) is 1.41. The molecule has 0 N–H and O–H groups in total. The average Bonchev–Trinajstić information content (AvgIpc) is 2.36. The minimum atomic E-state index is -0.200. The first kappa shape index (κ1) is 15.0. The van der Waals surface area contributed by atoms with Crippen molar-refractivity contribution < 1.29 is 9.47 Å². The Morgan fingerprint density at radius 1 is 1.06 bits per heavy atom. The fourth-order valence-electron chi connectivity index (χ4n) is 2.17. The molecule has 2 heteroatoms. The maximum Gasteiger partial charge on any atom is 0.196 e. The Bertz CT molecular complexity index is 329. The number of hydrogen-bond donors (Lipinski definition) is 0. The molecule has 0 radical (unpaired) electrons. The summed E-state index contributed by atoms with van der Waals surface area (Å²) in [6.45, 7) is 8.70. The van der Waals surface area contributed by atoms with Crippen molar-refractivity contribution in [1.82, 2.24) is 0 Å². The Hall–Kier alpha value is -1.02. The molecule has 18 heavy (non-hydrogen) atoms. The second-order valence-electron chi connectivity index (χ2n) is 5.22.